The number of piperidine rings is 1. The van der Waals surface area contributed by atoms with Crippen molar-refractivity contribution in [2.24, 2.45) is 0 Å². The summed E-state index contributed by atoms with van der Waals surface area (Å²) in [4.78, 5) is 43.3. The lowest BCUT2D eigenvalue weighted by atomic mass is 9.81. The summed E-state index contributed by atoms with van der Waals surface area (Å²) in [5.74, 6) is -0.388. The van der Waals surface area contributed by atoms with E-state index >= 15 is 0 Å². The molecule has 2 aliphatic carbocycles. The zero-order chi connectivity index (χ0) is 18.3. The molecule has 7 heteroatoms. The predicted octanol–water partition coefficient (Wildman–Crippen LogP) is 1.33. The largest absolute Gasteiger partial charge is 0.352 e. The van der Waals surface area contributed by atoms with E-state index in [0.29, 0.717) is 12.8 Å². The van der Waals surface area contributed by atoms with E-state index in [1.807, 2.05) is 0 Å². The second kappa shape index (κ2) is 6.83. The number of imide groups is 1. The molecule has 0 aromatic carbocycles. The van der Waals surface area contributed by atoms with Gasteiger partial charge < -0.3 is 15.1 Å². The van der Waals surface area contributed by atoms with Crippen LogP contribution in [0.5, 0.6) is 0 Å². The van der Waals surface area contributed by atoms with E-state index in [1.165, 1.54) is 17.7 Å². The van der Waals surface area contributed by atoms with Gasteiger partial charge in [-0.2, -0.15) is 0 Å². The average molecular weight is 362 g/mol. The summed E-state index contributed by atoms with van der Waals surface area (Å²) >= 11 is 0. The molecule has 1 spiro atoms. The van der Waals surface area contributed by atoms with E-state index in [9.17, 15) is 14.4 Å². The zero-order valence-corrected chi connectivity index (χ0v) is 15.7. The van der Waals surface area contributed by atoms with Gasteiger partial charge in [0.15, 0.2) is 0 Å². The van der Waals surface area contributed by atoms with Crippen molar-refractivity contribution >= 4 is 17.8 Å². The van der Waals surface area contributed by atoms with Crippen LogP contribution in [0.4, 0.5) is 4.79 Å². The summed E-state index contributed by atoms with van der Waals surface area (Å²) in [5, 5.41) is 3.04. The van der Waals surface area contributed by atoms with E-state index in [-0.39, 0.29) is 30.4 Å². The molecule has 0 aromatic heterocycles. The quantitative estimate of drug-likeness (QED) is 0.766. The Morgan fingerprint density at radius 3 is 2.35 bits per heavy atom. The van der Waals surface area contributed by atoms with Crippen LogP contribution in [-0.2, 0) is 9.59 Å². The number of carbonyl (C=O) groups excluding carboxylic acids is 3. The maximum absolute atomic E-state index is 12.9. The third-order valence-corrected chi connectivity index (χ3v) is 6.74. The molecule has 0 aromatic rings. The van der Waals surface area contributed by atoms with Crippen molar-refractivity contribution in [3.63, 3.8) is 0 Å². The number of hydrogen-bond acceptors (Lipinski definition) is 4. The van der Waals surface area contributed by atoms with Crippen LogP contribution in [0.25, 0.3) is 0 Å². The third kappa shape index (κ3) is 3.10. The molecule has 144 valence electrons. The fraction of sp³-hybridized carbons (Fsp3) is 0.842. The van der Waals surface area contributed by atoms with E-state index in [0.717, 1.165) is 51.2 Å². The highest BCUT2D eigenvalue weighted by Crippen LogP contribution is 2.39. The van der Waals surface area contributed by atoms with Gasteiger partial charge in [-0.05, 0) is 38.5 Å². The Labute approximate surface area is 155 Å². The van der Waals surface area contributed by atoms with Crippen molar-refractivity contribution in [1.82, 2.24) is 20.0 Å². The highest BCUT2D eigenvalue weighted by atomic mass is 16.2. The highest BCUT2D eigenvalue weighted by molar-refractivity contribution is 6.08. The first-order valence-electron chi connectivity index (χ1n) is 10.1. The van der Waals surface area contributed by atoms with E-state index in [4.69, 9.17) is 0 Å². The molecule has 0 atom stereocenters. The van der Waals surface area contributed by atoms with Gasteiger partial charge in [0.05, 0.1) is 0 Å². The zero-order valence-electron chi connectivity index (χ0n) is 15.7. The van der Waals surface area contributed by atoms with Gasteiger partial charge in [0.1, 0.15) is 12.1 Å². The van der Waals surface area contributed by atoms with Crippen LogP contribution >= 0.6 is 0 Å². The minimum atomic E-state index is -0.703. The third-order valence-electron chi connectivity index (χ3n) is 6.74. The van der Waals surface area contributed by atoms with Gasteiger partial charge in [0.25, 0.3) is 5.91 Å². The number of carbonyl (C=O) groups is 3. The van der Waals surface area contributed by atoms with Crippen LogP contribution in [0.15, 0.2) is 0 Å². The molecule has 0 unspecified atom stereocenters. The fourth-order valence-electron chi connectivity index (χ4n) is 4.94. The van der Waals surface area contributed by atoms with Crippen molar-refractivity contribution in [2.75, 3.05) is 26.7 Å². The van der Waals surface area contributed by atoms with Gasteiger partial charge in [-0.15, -0.1) is 0 Å². The lowest BCUT2D eigenvalue weighted by molar-refractivity contribution is -0.137. The topological polar surface area (TPSA) is 73.0 Å². The molecule has 1 N–H and O–H groups in total. The first-order chi connectivity index (χ1) is 12.5. The monoisotopic (exact) mass is 362 g/mol. The van der Waals surface area contributed by atoms with Crippen molar-refractivity contribution in [3.05, 3.63) is 0 Å². The van der Waals surface area contributed by atoms with Gasteiger partial charge >= 0.3 is 6.03 Å². The molecule has 4 fully saturated rings. The lowest BCUT2D eigenvalue weighted by Crippen LogP contribution is -2.50. The van der Waals surface area contributed by atoms with E-state index in [1.54, 1.807) is 11.9 Å². The number of likely N-dealkylation sites (tertiary alicyclic amines) is 1. The van der Waals surface area contributed by atoms with Crippen molar-refractivity contribution in [2.45, 2.75) is 75.4 Å². The standard InChI is InChI=1S/C19H30N4O3/c1-21-18(26)23(17(25)19(21)9-3-2-4-10-19)13-16(24)20-14-7-11-22(12-8-14)15-5-6-15/h14-15H,2-13H2,1H3,(H,20,24). The molecule has 2 aliphatic heterocycles. The van der Waals surface area contributed by atoms with Crippen LogP contribution in [0.3, 0.4) is 0 Å². The normalized spacial score (nSPS) is 27.4. The van der Waals surface area contributed by atoms with Gasteiger partial charge in [0, 0.05) is 32.2 Å². The first kappa shape index (κ1) is 17.8. The summed E-state index contributed by atoms with van der Waals surface area (Å²) < 4.78 is 0. The minimum Gasteiger partial charge on any atom is -0.352 e. The van der Waals surface area contributed by atoms with Crippen LogP contribution in [-0.4, -0.2) is 76.8 Å². The first-order valence-corrected chi connectivity index (χ1v) is 10.1. The predicted molar refractivity (Wildman–Crippen MR) is 96.4 cm³/mol. The average Bonchev–Trinajstić information content (AvgIpc) is 3.48. The molecule has 26 heavy (non-hydrogen) atoms. The Bertz CT molecular complexity index is 590. The number of hydrogen-bond donors (Lipinski definition) is 1. The minimum absolute atomic E-state index is 0.146. The molecule has 4 amide bonds. The van der Waals surface area contributed by atoms with Gasteiger partial charge in [0.2, 0.25) is 5.91 Å². The molecule has 0 radical (unpaired) electrons. The Kier molecular flexibility index (Phi) is 4.67. The van der Waals surface area contributed by atoms with Crippen LogP contribution in [0, 0.1) is 0 Å². The number of rotatable bonds is 4. The Balaban J connectivity index is 1.32. The Morgan fingerprint density at radius 1 is 1.08 bits per heavy atom. The fourth-order valence-corrected chi connectivity index (χ4v) is 4.94. The van der Waals surface area contributed by atoms with Gasteiger partial charge in [-0.25, -0.2) is 4.79 Å². The number of urea groups is 1. The summed E-state index contributed by atoms with van der Waals surface area (Å²) in [6, 6.07) is 0.607. The molecule has 2 saturated heterocycles. The Hall–Kier alpha value is -1.63. The van der Waals surface area contributed by atoms with E-state index < -0.39 is 5.54 Å². The number of likely N-dealkylation sites (N-methyl/N-ethyl adjacent to an activating group) is 1. The maximum Gasteiger partial charge on any atom is 0.327 e. The molecule has 2 heterocycles. The summed E-state index contributed by atoms with van der Waals surface area (Å²) in [6.45, 7) is 1.92. The number of nitrogens with one attached hydrogen (secondary N) is 1. The van der Waals surface area contributed by atoms with Crippen LogP contribution < -0.4 is 5.32 Å². The molecular weight excluding hydrogens is 332 g/mol. The van der Waals surface area contributed by atoms with E-state index in [2.05, 4.69) is 10.2 Å². The molecule has 0 bridgehead atoms. The van der Waals surface area contributed by atoms with Gasteiger partial charge in [-0.1, -0.05) is 19.3 Å². The molecule has 4 rings (SSSR count). The second-order valence-electron chi connectivity index (χ2n) is 8.43. The van der Waals surface area contributed by atoms with Crippen LogP contribution in [0.1, 0.15) is 57.8 Å². The SMILES string of the molecule is CN1C(=O)N(CC(=O)NC2CCN(C3CC3)CC2)C(=O)C12CCCCC2. The summed E-state index contributed by atoms with van der Waals surface area (Å²) in [6.07, 6.45) is 8.99. The molecular formula is C19H30N4O3. The highest BCUT2D eigenvalue weighted by Gasteiger charge is 2.55. The summed E-state index contributed by atoms with van der Waals surface area (Å²) in [5.41, 5.74) is -0.703. The molecule has 2 saturated carbocycles. The number of nitrogens with zero attached hydrogens (tertiary/aromatic N) is 3. The smallest absolute Gasteiger partial charge is 0.327 e. The maximum atomic E-state index is 12.9. The molecule has 7 nitrogen and oxygen atoms in total. The lowest BCUT2D eigenvalue weighted by Gasteiger charge is -2.35. The summed E-state index contributed by atoms with van der Waals surface area (Å²) in [7, 11) is 1.71. The van der Waals surface area contributed by atoms with Crippen molar-refractivity contribution in [1.29, 1.82) is 0 Å². The van der Waals surface area contributed by atoms with Crippen LogP contribution in [0.2, 0.25) is 0 Å². The van der Waals surface area contributed by atoms with Crippen molar-refractivity contribution < 1.29 is 14.4 Å². The van der Waals surface area contributed by atoms with Crippen molar-refractivity contribution in [3.8, 4) is 0 Å². The number of amides is 4. The van der Waals surface area contributed by atoms with Gasteiger partial charge in [-0.3, -0.25) is 14.5 Å². The second-order valence-corrected chi connectivity index (χ2v) is 8.43. The molecule has 4 aliphatic rings. The Morgan fingerprint density at radius 2 is 1.73 bits per heavy atom.